The van der Waals surface area contributed by atoms with Gasteiger partial charge in [-0.3, -0.25) is 4.79 Å². The third-order valence-electron chi connectivity index (χ3n) is 4.01. The van der Waals surface area contributed by atoms with Gasteiger partial charge in [-0.25, -0.2) is 0 Å². The van der Waals surface area contributed by atoms with Gasteiger partial charge in [0.25, 0.3) is 0 Å². The number of fused-ring (bicyclic) bond motifs is 2. The molecule has 0 aromatic heterocycles. The van der Waals surface area contributed by atoms with Gasteiger partial charge in [-0.05, 0) is 37.5 Å². The zero-order valence-electron chi connectivity index (χ0n) is 9.51. The van der Waals surface area contributed by atoms with Crippen molar-refractivity contribution >= 4 is 5.91 Å². The van der Waals surface area contributed by atoms with Gasteiger partial charge in [0.15, 0.2) is 0 Å². The maximum absolute atomic E-state index is 11.7. The summed E-state index contributed by atoms with van der Waals surface area (Å²) in [5, 5.41) is 12.1. The highest BCUT2D eigenvalue weighted by atomic mass is 16.3. The summed E-state index contributed by atoms with van der Waals surface area (Å²) in [7, 11) is 0. The molecule has 3 nitrogen and oxygen atoms in total. The highest BCUT2D eigenvalue weighted by Gasteiger charge is 2.47. The Balaban J connectivity index is 2.12. The van der Waals surface area contributed by atoms with Crippen LogP contribution in [0.25, 0.3) is 0 Å². The lowest BCUT2D eigenvalue weighted by molar-refractivity contribution is -0.132. The van der Waals surface area contributed by atoms with Crippen LogP contribution in [0.15, 0.2) is 0 Å². The minimum absolute atomic E-state index is 0.00502. The molecular formula is C12H21NO2. The number of hydrogen-bond acceptors (Lipinski definition) is 2. The van der Waals surface area contributed by atoms with E-state index in [0.717, 1.165) is 25.7 Å². The van der Waals surface area contributed by atoms with Crippen molar-refractivity contribution in [3.63, 3.8) is 0 Å². The maximum Gasteiger partial charge on any atom is 0.220 e. The SMILES string of the molecule is CC12CCCC(CCCO)(C1)NC(=O)C2. The van der Waals surface area contributed by atoms with Crippen LogP contribution in [0.4, 0.5) is 0 Å². The number of aliphatic hydroxyl groups is 1. The lowest BCUT2D eigenvalue weighted by Crippen LogP contribution is -2.59. The molecular weight excluding hydrogens is 190 g/mol. The Kier molecular flexibility index (Phi) is 2.75. The second-order valence-corrected chi connectivity index (χ2v) is 5.67. The second kappa shape index (κ2) is 3.78. The van der Waals surface area contributed by atoms with Gasteiger partial charge >= 0.3 is 0 Å². The third-order valence-corrected chi connectivity index (χ3v) is 4.01. The number of hydrogen-bond donors (Lipinski definition) is 2. The minimum atomic E-state index is 0.00502. The molecule has 3 heteroatoms. The highest BCUT2D eigenvalue weighted by molar-refractivity contribution is 5.78. The van der Waals surface area contributed by atoms with Crippen LogP contribution in [0, 0.1) is 5.41 Å². The Morgan fingerprint density at radius 3 is 3.00 bits per heavy atom. The van der Waals surface area contributed by atoms with Crippen molar-refractivity contribution in [2.45, 2.75) is 57.4 Å². The molecule has 1 heterocycles. The Bertz CT molecular complexity index is 266. The number of aliphatic hydroxyl groups excluding tert-OH is 1. The first-order valence-corrected chi connectivity index (χ1v) is 6.00. The van der Waals surface area contributed by atoms with Crippen LogP contribution in [0.1, 0.15) is 51.9 Å². The van der Waals surface area contributed by atoms with Crippen molar-refractivity contribution in [3.8, 4) is 0 Å². The standard InChI is InChI=1S/C12H21NO2/c1-11-4-2-5-12(9-11,6-3-7-14)13-10(15)8-11/h14H,2-9H2,1H3,(H,13,15). The molecule has 2 atom stereocenters. The zero-order valence-corrected chi connectivity index (χ0v) is 9.51. The van der Waals surface area contributed by atoms with Crippen molar-refractivity contribution in [2.24, 2.45) is 5.41 Å². The quantitative estimate of drug-likeness (QED) is 0.745. The van der Waals surface area contributed by atoms with E-state index < -0.39 is 0 Å². The third kappa shape index (κ3) is 2.17. The van der Waals surface area contributed by atoms with Crippen molar-refractivity contribution in [3.05, 3.63) is 0 Å². The van der Waals surface area contributed by atoms with Gasteiger partial charge in [0.1, 0.15) is 0 Å². The molecule has 2 fully saturated rings. The van der Waals surface area contributed by atoms with E-state index in [1.54, 1.807) is 0 Å². The van der Waals surface area contributed by atoms with Crippen LogP contribution >= 0.6 is 0 Å². The molecule has 1 aliphatic carbocycles. The Hall–Kier alpha value is -0.570. The molecule has 2 N–H and O–H groups in total. The molecule has 0 aromatic carbocycles. The van der Waals surface area contributed by atoms with Gasteiger partial charge in [-0.2, -0.15) is 0 Å². The van der Waals surface area contributed by atoms with E-state index in [0.29, 0.717) is 6.42 Å². The van der Waals surface area contributed by atoms with Crippen LogP contribution in [-0.4, -0.2) is 23.2 Å². The van der Waals surface area contributed by atoms with Crippen molar-refractivity contribution < 1.29 is 9.90 Å². The summed E-state index contributed by atoms with van der Waals surface area (Å²) >= 11 is 0. The summed E-state index contributed by atoms with van der Waals surface area (Å²) in [4.78, 5) is 11.7. The molecule has 2 unspecified atom stereocenters. The number of carbonyl (C=O) groups excluding carboxylic acids is 1. The van der Waals surface area contributed by atoms with Crippen LogP contribution in [0.5, 0.6) is 0 Å². The molecule has 2 rings (SSSR count). The highest BCUT2D eigenvalue weighted by Crippen LogP contribution is 2.48. The summed E-state index contributed by atoms with van der Waals surface area (Å²) in [5.41, 5.74) is 0.223. The normalized spacial score (nSPS) is 40.0. The molecule has 1 saturated heterocycles. The lowest BCUT2D eigenvalue weighted by atomic mass is 9.61. The van der Waals surface area contributed by atoms with E-state index in [9.17, 15) is 4.79 Å². The fraction of sp³-hybridized carbons (Fsp3) is 0.917. The molecule has 86 valence electrons. The molecule has 1 amide bonds. The number of nitrogens with one attached hydrogen (secondary N) is 1. The molecule has 0 radical (unpaired) electrons. The Morgan fingerprint density at radius 1 is 1.47 bits per heavy atom. The monoisotopic (exact) mass is 211 g/mol. The molecule has 0 aromatic rings. The van der Waals surface area contributed by atoms with E-state index in [4.69, 9.17) is 5.11 Å². The number of rotatable bonds is 3. The molecule has 1 saturated carbocycles. The molecule has 1 aliphatic heterocycles. The van der Waals surface area contributed by atoms with E-state index in [1.165, 1.54) is 12.8 Å². The number of amides is 1. The van der Waals surface area contributed by atoms with Crippen LogP contribution < -0.4 is 5.32 Å². The average molecular weight is 211 g/mol. The first kappa shape index (κ1) is 10.9. The Morgan fingerprint density at radius 2 is 2.27 bits per heavy atom. The van der Waals surface area contributed by atoms with Gasteiger partial charge in [0.2, 0.25) is 5.91 Å². The van der Waals surface area contributed by atoms with Crippen molar-refractivity contribution in [2.75, 3.05) is 6.61 Å². The fourth-order valence-electron chi connectivity index (χ4n) is 3.53. The maximum atomic E-state index is 11.7. The summed E-state index contributed by atoms with van der Waals surface area (Å²) < 4.78 is 0. The largest absolute Gasteiger partial charge is 0.396 e. The van der Waals surface area contributed by atoms with E-state index in [2.05, 4.69) is 12.2 Å². The van der Waals surface area contributed by atoms with Gasteiger partial charge in [-0.1, -0.05) is 13.3 Å². The van der Waals surface area contributed by atoms with Gasteiger partial charge < -0.3 is 10.4 Å². The first-order chi connectivity index (χ1) is 7.08. The Labute approximate surface area is 91.2 Å². The molecule has 2 aliphatic rings. The van der Waals surface area contributed by atoms with Crippen molar-refractivity contribution in [1.82, 2.24) is 5.32 Å². The van der Waals surface area contributed by atoms with Gasteiger partial charge in [0.05, 0.1) is 0 Å². The van der Waals surface area contributed by atoms with Crippen molar-refractivity contribution in [1.29, 1.82) is 0 Å². The summed E-state index contributed by atoms with van der Waals surface area (Å²) in [6.07, 6.45) is 7.01. The fourth-order valence-corrected chi connectivity index (χ4v) is 3.53. The second-order valence-electron chi connectivity index (χ2n) is 5.67. The molecule has 0 spiro atoms. The number of piperidine rings is 1. The summed E-state index contributed by atoms with van der Waals surface area (Å²) in [5.74, 6) is 0.210. The minimum Gasteiger partial charge on any atom is -0.396 e. The zero-order chi connectivity index (χ0) is 10.9. The van der Waals surface area contributed by atoms with Crippen LogP contribution in [0.3, 0.4) is 0 Å². The average Bonchev–Trinajstić information content (AvgIpc) is 2.12. The van der Waals surface area contributed by atoms with Gasteiger partial charge in [-0.15, -0.1) is 0 Å². The van der Waals surface area contributed by atoms with E-state index in [-0.39, 0.29) is 23.5 Å². The topological polar surface area (TPSA) is 49.3 Å². The number of carbonyl (C=O) groups is 1. The van der Waals surface area contributed by atoms with E-state index in [1.807, 2.05) is 0 Å². The van der Waals surface area contributed by atoms with Gasteiger partial charge in [0, 0.05) is 18.6 Å². The van der Waals surface area contributed by atoms with Crippen LogP contribution in [-0.2, 0) is 4.79 Å². The van der Waals surface area contributed by atoms with E-state index >= 15 is 0 Å². The molecule has 2 bridgehead atoms. The predicted molar refractivity (Wildman–Crippen MR) is 58.4 cm³/mol. The smallest absolute Gasteiger partial charge is 0.220 e. The van der Waals surface area contributed by atoms with Crippen LogP contribution in [0.2, 0.25) is 0 Å². The summed E-state index contributed by atoms with van der Waals surface area (Å²) in [6, 6.07) is 0. The first-order valence-electron chi connectivity index (χ1n) is 6.00. The lowest BCUT2D eigenvalue weighted by Gasteiger charge is -2.51. The molecule has 15 heavy (non-hydrogen) atoms. The predicted octanol–water partition coefficient (Wildman–Crippen LogP) is 1.60. The summed E-state index contributed by atoms with van der Waals surface area (Å²) in [6.45, 7) is 2.47.